The molecular weight excluding hydrogens is 374 g/mol. The molecule has 0 aromatic heterocycles. The lowest BCUT2D eigenvalue weighted by Crippen LogP contribution is -2.47. The van der Waals surface area contributed by atoms with E-state index in [0.717, 1.165) is 43.1 Å². The van der Waals surface area contributed by atoms with Crippen LogP contribution in [0.4, 0.5) is 5.69 Å². The van der Waals surface area contributed by atoms with Gasteiger partial charge in [0.25, 0.3) is 0 Å². The van der Waals surface area contributed by atoms with Gasteiger partial charge in [0.2, 0.25) is 17.7 Å². The van der Waals surface area contributed by atoms with Gasteiger partial charge in [-0.3, -0.25) is 14.4 Å². The highest BCUT2D eigenvalue weighted by molar-refractivity contribution is 7.99. The number of thioether (sulfide) groups is 1. The predicted octanol–water partition coefficient (Wildman–Crippen LogP) is 1.85. The first kappa shape index (κ1) is 19.3. The van der Waals surface area contributed by atoms with Crippen molar-refractivity contribution in [2.75, 3.05) is 49.1 Å². The number of benzene rings is 1. The summed E-state index contributed by atoms with van der Waals surface area (Å²) >= 11 is 1.90. The zero-order valence-corrected chi connectivity index (χ0v) is 16.9. The number of anilines is 1. The first-order chi connectivity index (χ1) is 13.6. The molecular formula is C21H27N3O3S. The van der Waals surface area contributed by atoms with E-state index < -0.39 is 0 Å². The van der Waals surface area contributed by atoms with Gasteiger partial charge in [0, 0.05) is 62.3 Å². The molecule has 3 saturated heterocycles. The fourth-order valence-electron chi connectivity index (χ4n) is 4.38. The van der Waals surface area contributed by atoms with Crippen molar-refractivity contribution >= 4 is 35.2 Å². The quantitative estimate of drug-likeness (QED) is 0.776. The SMILES string of the molecule is O=C(C1CCN(C(=O)C2CC(=O)N(c3ccccc3)C2)CC1)N1CCSCC1. The van der Waals surface area contributed by atoms with Crippen molar-refractivity contribution in [1.29, 1.82) is 0 Å². The smallest absolute Gasteiger partial charge is 0.228 e. The number of para-hydroxylation sites is 1. The molecule has 0 saturated carbocycles. The number of carbonyl (C=O) groups is 3. The molecule has 6 nitrogen and oxygen atoms in total. The molecule has 0 aliphatic carbocycles. The van der Waals surface area contributed by atoms with Gasteiger partial charge < -0.3 is 14.7 Å². The molecule has 3 aliphatic rings. The topological polar surface area (TPSA) is 60.9 Å². The molecule has 0 radical (unpaired) electrons. The number of rotatable bonds is 3. The van der Waals surface area contributed by atoms with Gasteiger partial charge in [-0.1, -0.05) is 18.2 Å². The summed E-state index contributed by atoms with van der Waals surface area (Å²) in [6.45, 7) is 3.39. The van der Waals surface area contributed by atoms with Crippen LogP contribution in [0.5, 0.6) is 0 Å². The first-order valence-electron chi connectivity index (χ1n) is 10.1. The van der Waals surface area contributed by atoms with Crippen LogP contribution >= 0.6 is 11.8 Å². The monoisotopic (exact) mass is 401 g/mol. The maximum Gasteiger partial charge on any atom is 0.228 e. The fourth-order valence-corrected chi connectivity index (χ4v) is 5.28. The van der Waals surface area contributed by atoms with Crippen LogP contribution in [0.25, 0.3) is 0 Å². The Hall–Kier alpha value is -2.02. The van der Waals surface area contributed by atoms with Crippen molar-refractivity contribution in [1.82, 2.24) is 9.80 Å². The Morgan fingerprint density at radius 2 is 1.46 bits per heavy atom. The summed E-state index contributed by atoms with van der Waals surface area (Å²) in [5, 5.41) is 0. The molecule has 3 heterocycles. The van der Waals surface area contributed by atoms with Crippen LogP contribution in [-0.4, -0.2) is 71.8 Å². The lowest BCUT2D eigenvalue weighted by molar-refractivity contribution is -0.142. The molecule has 3 aliphatic heterocycles. The Bertz CT molecular complexity index is 728. The minimum absolute atomic E-state index is 0.0117. The second kappa shape index (κ2) is 8.55. The van der Waals surface area contributed by atoms with E-state index in [1.165, 1.54) is 0 Å². The van der Waals surface area contributed by atoms with Gasteiger partial charge in [0.15, 0.2) is 0 Å². The summed E-state index contributed by atoms with van der Waals surface area (Å²) in [5.74, 6) is 2.15. The summed E-state index contributed by atoms with van der Waals surface area (Å²) in [6, 6.07) is 9.53. The van der Waals surface area contributed by atoms with Crippen molar-refractivity contribution in [3.63, 3.8) is 0 Å². The Labute approximate surface area is 170 Å². The summed E-state index contributed by atoms with van der Waals surface area (Å²) in [4.78, 5) is 43.6. The van der Waals surface area contributed by atoms with Crippen molar-refractivity contribution in [2.45, 2.75) is 19.3 Å². The number of piperidine rings is 1. The van der Waals surface area contributed by atoms with Gasteiger partial charge in [-0.15, -0.1) is 0 Å². The van der Waals surface area contributed by atoms with Gasteiger partial charge in [0.1, 0.15) is 0 Å². The van der Waals surface area contributed by atoms with Crippen LogP contribution in [0.15, 0.2) is 30.3 Å². The van der Waals surface area contributed by atoms with Crippen LogP contribution in [0.2, 0.25) is 0 Å². The Morgan fingerprint density at radius 1 is 0.857 bits per heavy atom. The number of likely N-dealkylation sites (tertiary alicyclic amines) is 1. The molecule has 28 heavy (non-hydrogen) atoms. The molecule has 1 unspecified atom stereocenters. The van der Waals surface area contributed by atoms with Crippen LogP contribution in [-0.2, 0) is 14.4 Å². The predicted molar refractivity (Wildman–Crippen MR) is 110 cm³/mol. The molecule has 0 N–H and O–H groups in total. The third-order valence-electron chi connectivity index (χ3n) is 6.02. The van der Waals surface area contributed by atoms with Crippen LogP contribution in [0.3, 0.4) is 0 Å². The van der Waals surface area contributed by atoms with Crippen molar-refractivity contribution < 1.29 is 14.4 Å². The molecule has 1 aromatic carbocycles. The minimum atomic E-state index is -0.279. The van der Waals surface area contributed by atoms with Gasteiger partial charge in [0.05, 0.1) is 5.92 Å². The highest BCUT2D eigenvalue weighted by Gasteiger charge is 2.39. The van der Waals surface area contributed by atoms with Crippen LogP contribution < -0.4 is 4.90 Å². The Kier molecular flexibility index (Phi) is 5.90. The molecule has 0 spiro atoms. The lowest BCUT2D eigenvalue weighted by Gasteiger charge is -2.36. The zero-order valence-electron chi connectivity index (χ0n) is 16.1. The van der Waals surface area contributed by atoms with Gasteiger partial charge >= 0.3 is 0 Å². The number of hydrogen-bond acceptors (Lipinski definition) is 4. The van der Waals surface area contributed by atoms with E-state index >= 15 is 0 Å². The van der Waals surface area contributed by atoms with Gasteiger partial charge in [-0.05, 0) is 25.0 Å². The zero-order chi connectivity index (χ0) is 19.5. The van der Waals surface area contributed by atoms with Crippen LogP contribution in [0, 0.1) is 11.8 Å². The lowest BCUT2D eigenvalue weighted by atomic mass is 9.94. The Balaban J connectivity index is 1.31. The maximum absolute atomic E-state index is 12.9. The van der Waals surface area contributed by atoms with E-state index in [0.29, 0.717) is 19.6 Å². The average molecular weight is 402 g/mol. The summed E-state index contributed by atoms with van der Waals surface area (Å²) in [7, 11) is 0. The molecule has 3 fully saturated rings. The maximum atomic E-state index is 12.9. The normalized spacial score (nSPS) is 23.9. The second-order valence-corrected chi connectivity index (χ2v) is 9.00. The third-order valence-corrected chi connectivity index (χ3v) is 6.96. The van der Waals surface area contributed by atoms with E-state index in [2.05, 4.69) is 0 Å². The van der Waals surface area contributed by atoms with Crippen LogP contribution in [0.1, 0.15) is 19.3 Å². The number of amides is 3. The summed E-state index contributed by atoms with van der Waals surface area (Å²) < 4.78 is 0. The van der Waals surface area contributed by atoms with E-state index in [1.807, 2.05) is 51.9 Å². The van der Waals surface area contributed by atoms with Gasteiger partial charge in [-0.25, -0.2) is 0 Å². The van der Waals surface area contributed by atoms with Gasteiger partial charge in [-0.2, -0.15) is 11.8 Å². The fraction of sp³-hybridized carbons (Fsp3) is 0.571. The average Bonchev–Trinajstić information content (AvgIpc) is 3.15. The van der Waals surface area contributed by atoms with Crippen molar-refractivity contribution in [3.8, 4) is 0 Å². The molecule has 3 amide bonds. The molecule has 1 atom stereocenters. The Morgan fingerprint density at radius 3 is 2.14 bits per heavy atom. The summed E-state index contributed by atoms with van der Waals surface area (Å²) in [5.41, 5.74) is 0.854. The molecule has 1 aromatic rings. The molecule has 4 rings (SSSR count). The molecule has 150 valence electrons. The molecule has 7 heteroatoms. The first-order valence-corrected chi connectivity index (χ1v) is 11.3. The molecule has 0 bridgehead atoms. The number of hydrogen-bond donors (Lipinski definition) is 0. The van der Waals surface area contributed by atoms with E-state index in [1.54, 1.807) is 4.90 Å². The number of nitrogens with zero attached hydrogens (tertiary/aromatic N) is 3. The highest BCUT2D eigenvalue weighted by Crippen LogP contribution is 2.28. The van der Waals surface area contributed by atoms with E-state index in [9.17, 15) is 14.4 Å². The third kappa shape index (κ3) is 4.04. The highest BCUT2D eigenvalue weighted by atomic mass is 32.2. The second-order valence-electron chi connectivity index (χ2n) is 7.78. The van der Waals surface area contributed by atoms with E-state index in [4.69, 9.17) is 0 Å². The number of carbonyl (C=O) groups excluding carboxylic acids is 3. The largest absolute Gasteiger partial charge is 0.342 e. The standard InChI is InChI=1S/C21H27N3O3S/c25-19-14-17(15-24(19)18-4-2-1-3-5-18)21(27)22-8-6-16(7-9-22)20(26)23-10-12-28-13-11-23/h1-5,16-17H,6-15H2. The van der Waals surface area contributed by atoms with E-state index in [-0.39, 0.29) is 36.0 Å². The van der Waals surface area contributed by atoms with Crippen molar-refractivity contribution in [3.05, 3.63) is 30.3 Å². The summed E-state index contributed by atoms with van der Waals surface area (Å²) in [6.07, 6.45) is 1.74. The van der Waals surface area contributed by atoms with Crippen molar-refractivity contribution in [2.24, 2.45) is 11.8 Å². The minimum Gasteiger partial charge on any atom is -0.342 e.